The van der Waals surface area contributed by atoms with Gasteiger partial charge >= 0.3 is 0 Å². The Kier molecular flexibility index (Phi) is 4.40. The molecule has 4 N–H and O–H groups in total. The van der Waals surface area contributed by atoms with Crippen molar-refractivity contribution in [2.45, 2.75) is 30.7 Å². The van der Waals surface area contributed by atoms with Crippen LogP contribution in [0.1, 0.15) is 30.3 Å². The van der Waals surface area contributed by atoms with Gasteiger partial charge in [0.2, 0.25) is 10.0 Å². The van der Waals surface area contributed by atoms with Gasteiger partial charge in [0.05, 0.1) is 0 Å². The van der Waals surface area contributed by atoms with E-state index in [2.05, 4.69) is 0 Å². The molecule has 1 aromatic rings. The Labute approximate surface area is 124 Å². The number of nitrogens with two attached hydrogens (primary N) is 2. The highest BCUT2D eigenvalue weighted by Crippen LogP contribution is 2.25. The Bertz CT molecular complexity index is 636. The molecule has 0 spiro atoms. The van der Waals surface area contributed by atoms with Crippen LogP contribution in [0.3, 0.4) is 0 Å². The van der Waals surface area contributed by atoms with E-state index >= 15 is 0 Å². The molecular weight excluding hydrogens is 292 g/mol. The number of aryl methyl sites for hydroxylation is 1. The summed E-state index contributed by atoms with van der Waals surface area (Å²) in [6.45, 7) is 2.79. The number of carbonyl (C=O) groups excluding carboxylic acids is 1. The molecule has 1 saturated heterocycles. The molecule has 2 rings (SSSR count). The van der Waals surface area contributed by atoms with Gasteiger partial charge in [-0.15, -0.1) is 0 Å². The minimum atomic E-state index is -3.61. The lowest BCUT2D eigenvalue weighted by Crippen LogP contribution is -2.44. The van der Waals surface area contributed by atoms with Crippen molar-refractivity contribution >= 4 is 15.9 Å². The van der Waals surface area contributed by atoms with Crippen LogP contribution >= 0.6 is 0 Å². The third kappa shape index (κ3) is 3.12. The van der Waals surface area contributed by atoms with Gasteiger partial charge < -0.3 is 16.0 Å². The molecule has 1 fully saturated rings. The topological polar surface area (TPSA) is 111 Å². The highest BCUT2D eigenvalue weighted by Gasteiger charge is 2.32. The highest BCUT2D eigenvalue weighted by molar-refractivity contribution is 7.89. The molecule has 7 nitrogen and oxygen atoms in total. The van der Waals surface area contributed by atoms with Crippen LogP contribution in [0.15, 0.2) is 17.2 Å². The smallest absolute Gasteiger partial charge is 0.265 e. The van der Waals surface area contributed by atoms with Crippen LogP contribution in [-0.2, 0) is 17.1 Å². The molecule has 0 aromatic carbocycles. The van der Waals surface area contributed by atoms with E-state index in [1.54, 1.807) is 7.05 Å². The fourth-order valence-corrected chi connectivity index (χ4v) is 4.30. The molecule has 1 amide bonds. The van der Waals surface area contributed by atoms with Gasteiger partial charge in [0, 0.05) is 32.4 Å². The Balaban J connectivity index is 2.29. The molecule has 0 bridgehead atoms. The predicted molar refractivity (Wildman–Crippen MR) is 79.1 cm³/mol. The van der Waals surface area contributed by atoms with E-state index in [9.17, 15) is 13.2 Å². The van der Waals surface area contributed by atoms with E-state index in [1.807, 2.05) is 6.92 Å². The molecular formula is C13H22N4O3S. The number of primary amides is 1. The molecule has 8 heteroatoms. The van der Waals surface area contributed by atoms with Crippen LogP contribution in [0.2, 0.25) is 0 Å². The fraction of sp³-hybridized carbons (Fsp3) is 0.615. The van der Waals surface area contributed by atoms with Crippen LogP contribution in [0.4, 0.5) is 0 Å². The number of hydrogen-bond acceptors (Lipinski definition) is 4. The molecule has 1 aromatic heterocycles. The lowest BCUT2D eigenvalue weighted by Gasteiger charge is -2.33. The first-order chi connectivity index (χ1) is 9.73. The largest absolute Gasteiger partial charge is 0.364 e. The molecule has 0 radical (unpaired) electrons. The molecule has 2 heterocycles. The summed E-state index contributed by atoms with van der Waals surface area (Å²) in [7, 11) is -2.02. The van der Waals surface area contributed by atoms with Crippen molar-refractivity contribution in [3.63, 3.8) is 0 Å². The Morgan fingerprint density at radius 1 is 1.48 bits per heavy atom. The third-order valence-electron chi connectivity index (χ3n) is 4.03. The molecule has 0 saturated carbocycles. The van der Waals surface area contributed by atoms with Crippen molar-refractivity contribution in [3.05, 3.63) is 18.0 Å². The second kappa shape index (κ2) is 5.78. The molecule has 0 aliphatic carbocycles. The molecule has 1 aliphatic heterocycles. The summed E-state index contributed by atoms with van der Waals surface area (Å²) >= 11 is 0. The Morgan fingerprint density at radius 3 is 2.67 bits per heavy atom. The van der Waals surface area contributed by atoms with Crippen LogP contribution in [-0.4, -0.2) is 42.3 Å². The highest BCUT2D eigenvalue weighted by atomic mass is 32.2. The van der Waals surface area contributed by atoms with Crippen molar-refractivity contribution in [1.29, 1.82) is 0 Å². The van der Waals surface area contributed by atoms with Crippen molar-refractivity contribution in [3.8, 4) is 0 Å². The monoisotopic (exact) mass is 314 g/mol. The van der Waals surface area contributed by atoms with E-state index in [0.717, 1.165) is 12.8 Å². The minimum absolute atomic E-state index is 0.0417. The van der Waals surface area contributed by atoms with E-state index < -0.39 is 15.9 Å². The number of aromatic nitrogens is 1. The van der Waals surface area contributed by atoms with E-state index in [0.29, 0.717) is 13.1 Å². The van der Waals surface area contributed by atoms with Gasteiger partial charge in [-0.2, -0.15) is 4.31 Å². The van der Waals surface area contributed by atoms with Gasteiger partial charge in [0.25, 0.3) is 5.91 Å². The normalized spacial score (nSPS) is 22.1. The predicted octanol–water partition coefficient (Wildman–Crippen LogP) is -0.128. The van der Waals surface area contributed by atoms with Gasteiger partial charge in [0.1, 0.15) is 10.6 Å². The number of carbonyl (C=O) groups is 1. The number of nitrogens with zero attached hydrogens (tertiary/aromatic N) is 2. The number of rotatable bonds is 4. The summed E-state index contributed by atoms with van der Waals surface area (Å²) in [4.78, 5) is 11.4. The van der Waals surface area contributed by atoms with Gasteiger partial charge in [-0.3, -0.25) is 4.79 Å². The van der Waals surface area contributed by atoms with Crippen LogP contribution < -0.4 is 11.5 Å². The SMILES string of the molecule is CC(N)C1CCCN(S(=O)(=O)c2cc(C(N)=O)n(C)c2)C1. The van der Waals surface area contributed by atoms with Gasteiger partial charge in [-0.25, -0.2) is 8.42 Å². The molecule has 21 heavy (non-hydrogen) atoms. The van der Waals surface area contributed by atoms with Gasteiger partial charge in [0.15, 0.2) is 0 Å². The Morgan fingerprint density at radius 2 is 2.14 bits per heavy atom. The van der Waals surface area contributed by atoms with Crippen molar-refractivity contribution < 1.29 is 13.2 Å². The maximum absolute atomic E-state index is 12.7. The van der Waals surface area contributed by atoms with E-state index in [4.69, 9.17) is 11.5 Å². The quantitative estimate of drug-likeness (QED) is 0.806. The van der Waals surface area contributed by atoms with Crippen LogP contribution in [0.25, 0.3) is 0 Å². The summed E-state index contributed by atoms with van der Waals surface area (Å²) in [6.07, 6.45) is 3.15. The van der Waals surface area contributed by atoms with Crippen LogP contribution in [0.5, 0.6) is 0 Å². The first-order valence-electron chi connectivity index (χ1n) is 6.95. The maximum atomic E-state index is 12.7. The fourth-order valence-electron chi connectivity index (χ4n) is 2.69. The van der Waals surface area contributed by atoms with Crippen LogP contribution in [0, 0.1) is 5.92 Å². The molecule has 118 valence electrons. The van der Waals surface area contributed by atoms with Crippen molar-refractivity contribution in [1.82, 2.24) is 8.87 Å². The molecule has 2 atom stereocenters. The van der Waals surface area contributed by atoms with Crippen molar-refractivity contribution in [2.24, 2.45) is 24.4 Å². The standard InChI is InChI=1S/C13H22N4O3S/c1-9(14)10-4-3-5-17(7-10)21(19,20)11-6-12(13(15)18)16(2)8-11/h6,8-10H,3-5,7,14H2,1-2H3,(H2,15,18). The average molecular weight is 314 g/mol. The summed E-state index contributed by atoms with van der Waals surface area (Å²) in [6, 6.07) is 1.28. The third-order valence-corrected chi connectivity index (χ3v) is 5.86. The van der Waals surface area contributed by atoms with Crippen molar-refractivity contribution in [2.75, 3.05) is 13.1 Å². The summed E-state index contributed by atoms with van der Waals surface area (Å²) < 4.78 is 28.2. The zero-order chi connectivity index (χ0) is 15.8. The second-order valence-electron chi connectivity index (χ2n) is 5.66. The average Bonchev–Trinajstić information content (AvgIpc) is 2.82. The van der Waals surface area contributed by atoms with Gasteiger partial charge in [-0.1, -0.05) is 0 Å². The van der Waals surface area contributed by atoms with E-state index in [-0.39, 0.29) is 22.5 Å². The van der Waals surface area contributed by atoms with Gasteiger partial charge in [-0.05, 0) is 31.7 Å². The second-order valence-corrected chi connectivity index (χ2v) is 7.60. The minimum Gasteiger partial charge on any atom is -0.364 e. The summed E-state index contributed by atoms with van der Waals surface area (Å²) in [5, 5.41) is 0. The Hall–Kier alpha value is -1.38. The molecule has 1 aliphatic rings. The number of sulfonamides is 1. The van der Waals surface area contributed by atoms with E-state index in [1.165, 1.54) is 21.1 Å². The number of hydrogen-bond donors (Lipinski definition) is 2. The number of piperidine rings is 1. The number of amides is 1. The zero-order valence-corrected chi connectivity index (χ0v) is 13.1. The first kappa shape index (κ1) is 16.0. The zero-order valence-electron chi connectivity index (χ0n) is 12.3. The molecule has 2 unspecified atom stereocenters. The maximum Gasteiger partial charge on any atom is 0.265 e. The summed E-state index contributed by atoms with van der Waals surface area (Å²) in [5.41, 5.74) is 11.3. The lowest BCUT2D eigenvalue weighted by molar-refractivity contribution is 0.0992. The first-order valence-corrected chi connectivity index (χ1v) is 8.39. The summed E-state index contributed by atoms with van der Waals surface area (Å²) in [5.74, 6) is -0.487. The lowest BCUT2D eigenvalue weighted by atomic mass is 9.93.